The van der Waals surface area contributed by atoms with Gasteiger partial charge in [0.05, 0.1) is 18.6 Å². The Hall–Kier alpha value is -2.21. The van der Waals surface area contributed by atoms with Gasteiger partial charge in [-0.05, 0) is 24.3 Å². The summed E-state index contributed by atoms with van der Waals surface area (Å²) in [6, 6.07) is 5.57. The van der Waals surface area contributed by atoms with Crippen molar-refractivity contribution in [3.8, 4) is 0 Å². The summed E-state index contributed by atoms with van der Waals surface area (Å²) >= 11 is 0. The third-order valence-corrected chi connectivity index (χ3v) is 4.52. The first-order valence-electron chi connectivity index (χ1n) is 6.69. The molecule has 2 saturated heterocycles. The second-order valence-corrected chi connectivity index (χ2v) is 5.64. The molecule has 3 aliphatic heterocycles. The molecule has 3 heterocycles. The summed E-state index contributed by atoms with van der Waals surface area (Å²) in [5, 5.41) is 9.36. The van der Waals surface area contributed by atoms with Gasteiger partial charge in [0.25, 0.3) is 0 Å². The van der Waals surface area contributed by atoms with E-state index < -0.39 is 29.5 Å². The lowest BCUT2D eigenvalue weighted by Gasteiger charge is -2.21. The molecule has 1 amide bonds. The highest BCUT2D eigenvalue weighted by Crippen LogP contribution is 2.52. The Morgan fingerprint density at radius 1 is 1.38 bits per heavy atom. The van der Waals surface area contributed by atoms with Gasteiger partial charge in [0.1, 0.15) is 17.3 Å². The van der Waals surface area contributed by atoms with Gasteiger partial charge in [-0.25, -0.2) is 4.39 Å². The molecule has 2 fully saturated rings. The number of carboxylic acids is 1. The molecule has 1 N–H and O–H groups in total. The van der Waals surface area contributed by atoms with Crippen molar-refractivity contribution in [2.75, 3.05) is 11.4 Å². The minimum absolute atomic E-state index is 0.263. The molecule has 1 aromatic carbocycles. The molecule has 4 rings (SSSR count). The van der Waals surface area contributed by atoms with Gasteiger partial charge in [-0.1, -0.05) is 12.2 Å². The van der Waals surface area contributed by atoms with Gasteiger partial charge >= 0.3 is 5.97 Å². The van der Waals surface area contributed by atoms with E-state index in [1.807, 2.05) is 0 Å². The molecule has 5 nitrogen and oxygen atoms in total. The van der Waals surface area contributed by atoms with Gasteiger partial charge in [-0.3, -0.25) is 9.59 Å². The molecule has 108 valence electrons. The maximum atomic E-state index is 13.0. The summed E-state index contributed by atoms with van der Waals surface area (Å²) < 4.78 is 18.8. The molecule has 6 heteroatoms. The average Bonchev–Trinajstić information content (AvgIpc) is 3.08. The second-order valence-electron chi connectivity index (χ2n) is 5.64. The monoisotopic (exact) mass is 289 g/mol. The predicted molar refractivity (Wildman–Crippen MR) is 70.1 cm³/mol. The van der Waals surface area contributed by atoms with E-state index in [4.69, 9.17) is 4.74 Å². The Kier molecular flexibility index (Phi) is 2.34. The quantitative estimate of drug-likeness (QED) is 0.831. The van der Waals surface area contributed by atoms with Crippen LogP contribution in [0.5, 0.6) is 0 Å². The van der Waals surface area contributed by atoms with Crippen molar-refractivity contribution in [2.24, 2.45) is 11.8 Å². The molecule has 0 radical (unpaired) electrons. The minimum atomic E-state index is -1.02. The van der Waals surface area contributed by atoms with Crippen molar-refractivity contribution in [2.45, 2.75) is 11.7 Å². The van der Waals surface area contributed by atoms with Crippen molar-refractivity contribution in [1.29, 1.82) is 0 Å². The maximum Gasteiger partial charge on any atom is 0.310 e. The Bertz CT molecular complexity index is 671. The zero-order valence-corrected chi connectivity index (χ0v) is 10.9. The lowest BCUT2D eigenvalue weighted by atomic mass is 9.77. The summed E-state index contributed by atoms with van der Waals surface area (Å²) in [4.78, 5) is 25.5. The van der Waals surface area contributed by atoms with E-state index in [2.05, 4.69) is 0 Å². The fourth-order valence-electron chi connectivity index (χ4n) is 3.62. The van der Waals surface area contributed by atoms with Crippen LogP contribution < -0.4 is 4.90 Å². The van der Waals surface area contributed by atoms with E-state index >= 15 is 0 Å². The number of halogens is 1. The zero-order chi connectivity index (χ0) is 14.8. The number of aliphatic carboxylic acids is 1. The number of carboxylic acid groups (broad SMARTS) is 1. The number of rotatable bonds is 2. The van der Waals surface area contributed by atoms with Crippen LogP contribution in [0.15, 0.2) is 36.4 Å². The van der Waals surface area contributed by atoms with E-state index in [9.17, 15) is 19.1 Å². The highest BCUT2D eigenvalue weighted by Gasteiger charge is 2.67. The van der Waals surface area contributed by atoms with E-state index in [1.165, 1.54) is 29.2 Å². The summed E-state index contributed by atoms with van der Waals surface area (Å²) in [6.07, 6.45) is 2.98. The van der Waals surface area contributed by atoms with E-state index in [-0.39, 0.29) is 18.3 Å². The Morgan fingerprint density at radius 3 is 2.76 bits per heavy atom. The van der Waals surface area contributed by atoms with E-state index in [0.717, 1.165) is 0 Å². The number of nitrogens with zero attached hydrogens (tertiary/aromatic N) is 1. The lowest BCUT2D eigenvalue weighted by Crippen LogP contribution is -2.39. The molecular weight excluding hydrogens is 277 g/mol. The van der Waals surface area contributed by atoms with Crippen molar-refractivity contribution < 1.29 is 23.8 Å². The molecule has 0 aliphatic carbocycles. The van der Waals surface area contributed by atoms with Crippen LogP contribution in [0.1, 0.15) is 0 Å². The largest absolute Gasteiger partial charge is 0.481 e. The third-order valence-electron chi connectivity index (χ3n) is 4.52. The smallest absolute Gasteiger partial charge is 0.310 e. The number of benzene rings is 1. The van der Waals surface area contributed by atoms with Crippen LogP contribution in [0.25, 0.3) is 0 Å². The topological polar surface area (TPSA) is 66.8 Å². The standard InChI is InChI=1S/C15H12FNO4/c16-8-1-3-9(4-2-8)17-7-15-6-5-10(21-15)11(14(19)20)12(15)13(17)18/h1-6,10-12H,7H2,(H,19,20)/t10-,11+,12+,15+/m1/s1. The maximum absolute atomic E-state index is 13.0. The van der Waals surface area contributed by atoms with Crippen molar-refractivity contribution >= 4 is 17.6 Å². The first-order valence-corrected chi connectivity index (χ1v) is 6.69. The molecule has 4 atom stereocenters. The molecule has 21 heavy (non-hydrogen) atoms. The number of amides is 1. The van der Waals surface area contributed by atoms with Gasteiger partial charge in [0, 0.05) is 5.69 Å². The van der Waals surface area contributed by atoms with Gasteiger partial charge < -0.3 is 14.7 Å². The molecule has 2 bridgehead atoms. The second kappa shape index (κ2) is 3.92. The molecule has 0 saturated carbocycles. The highest BCUT2D eigenvalue weighted by atomic mass is 19.1. The van der Waals surface area contributed by atoms with Crippen molar-refractivity contribution in [1.82, 2.24) is 0 Å². The summed E-state index contributed by atoms with van der Waals surface area (Å²) in [6.45, 7) is 0.263. The number of ether oxygens (including phenoxy) is 1. The average molecular weight is 289 g/mol. The van der Waals surface area contributed by atoms with Gasteiger partial charge in [0.2, 0.25) is 5.91 Å². The fraction of sp³-hybridized carbons (Fsp3) is 0.333. The summed E-state index contributed by atoms with van der Waals surface area (Å²) in [5.74, 6) is -3.25. The first kappa shape index (κ1) is 12.5. The van der Waals surface area contributed by atoms with Crippen molar-refractivity contribution in [3.63, 3.8) is 0 Å². The van der Waals surface area contributed by atoms with E-state index in [0.29, 0.717) is 5.69 Å². The molecule has 1 aromatic rings. The minimum Gasteiger partial charge on any atom is -0.481 e. The molecule has 0 unspecified atom stereocenters. The molecule has 1 spiro atoms. The normalized spacial score (nSPS) is 36.3. The van der Waals surface area contributed by atoms with Gasteiger partial charge in [0.15, 0.2) is 0 Å². The highest BCUT2D eigenvalue weighted by molar-refractivity contribution is 6.02. The third kappa shape index (κ3) is 1.53. The van der Waals surface area contributed by atoms with Crippen LogP contribution in [0.2, 0.25) is 0 Å². The van der Waals surface area contributed by atoms with E-state index in [1.54, 1.807) is 12.2 Å². The number of fused-ring (bicyclic) bond motifs is 1. The molecular formula is C15H12FNO4. The number of carbonyl (C=O) groups excluding carboxylic acids is 1. The first-order chi connectivity index (χ1) is 10.0. The van der Waals surface area contributed by atoms with Crippen molar-refractivity contribution in [3.05, 3.63) is 42.2 Å². The summed E-state index contributed by atoms with van der Waals surface area (Å²) in [7, 11) is 0. The predicted octanol–water partition coefficient (Wildman–Crippen LogP) is 1.20. The van der Waals surface area contributed by atoms with Crippen LogP contribution in [0, 0.1) is 17.7 Å². The Morgan fingerprint density at radius 2 is 2.10 bits per heavy atom. The SMILES string of the molecule is O=C(O)[C@@H]1[C@H]2C(=O)N(c3ccc(F)cc3)C[C@@]23C=C[C@H]1O3. The zero-order valence-electron chi connectivity index (χ0n) is 10.9. The Balaban J connectivity index is 1.73. The van der Waals surface area contributed by atoms with Crippen LogP contribution >= 0.6 is 0 Å². The van der Waals surface area contributed by atoms with Crippen LogP contribution in [-0.2, 0) is 14.3 Å². The molecule has 3 aliphatic rings. The van der Waals surface area contributed by atoms with Gasteiger partial charge in [-0.2, -0.15) is 0 Å². The Labute approximate surface area is 119 Å². The number of anilines is 1. The number of carbonyl (C=O) groups is 2. The van der Waals surface area contributed by atoms with Crippen LogP contribution in [0.3, 0.4) is 0 Å². The summed E-state index contributed by atoms with van der Waals surface area (Å²) in [5.41, 5.74) is -0.311. The molecule has 0 aromatic heterocycles. The number of hydrogen-bond acceptors (Lipinski definition) is 3. The fourth-order valence-corrected chi connectivity index (χ4v) is 3.62. The van der Waals surface area contributed by atoms with Crippen LogP contribution in [-0.4, -0.2) is 35.2 Å². The van der Waals surface area contributed by atoms with Gasteiger partial charge in [-0.15, -0.1) is 0 Å². The van der Waals surface area contributed by atoms with Crippen LogP contribution in [0.4, 0.5) is 10.1 Å². The number of hydrogen-bond donors (Lipinski definition) is 1. The lowest BCUT2D eigenvalue weighted by molar-refractivity contribution is -0.146.